The van der Waals surface area contributed by atoms with Crippen LogP contribution in [0.3, 0.4) is 0 Å². The normalized spacial score (nSPS) is 11.1. The molecule has 2 aromatic rings. The number of benzene rings is 1. The maximum Gasteiger partial charge on any atom is 0.159 e. The summed E-state index contributed by atoms with van der Waals surface area (Å²) in [5.74, 6) is 1.47. The molecule has 2 rings (SSSR count). The summed E-state index contributed by atoms with van der Waals surface area (Å²) in [5.41, 5.74) is 4.41. The van der Waals surface area contributed by atoms with Crippen molar-refractivity contribution < 1.29 is 0 Å². The Labute approximate surface area is 121 Å². The van der Waals surface area contributed by atoms with Crippen LogP contribution in [0.5, 0.6) is 0 Å². The minimum atomic E-state index is 0.653. The van der Waals surface area contributed by atoms with Gasteiger partial charge in [0, 0.05) is 29.1 Å². The molecule has 0 bridgehead atoms. The van der Waals surface area contributed by atoms with Crippen LogP contribution < -0.4 is 5.32 Å². The van der Waals surface area contributed by atoms with Crippen molar-refractivity contribution in [2.45, 2.75) is 34.2 Å². The van der Waals surface area contributed by atoms with E-state index in [4.69, 9.17) is 0 Å². The Hall–Kier alpha value is -1.74. The first kappa shape index (κ1) is 14.7. The molecule has 1 aromatic carbocycles. The molecule has 1 aromatic heterocycles. The summed E-state index contributed by atoms with van der Waals surface area (Å²) in [4.78, 5) is 9.30. The van der Waals surface area contributed by atoms with Crippen molar-refractivity contribution in [3.8, 4) is 11.4 Å². The van der Waals surface area contributed by atoms with Crippen LogP contribution in [-0.2, 0) is 6.54 Å². The van der Waals surface area contributed by atoms with Crippen molar-refractivity contribution in [3.05, 3.63) is 47.3 Å². The monoisotopic (exact) mass is 269 g/mol. The summed E-state index contributed by atoms with van der Waals surface area (Å²) in [6, 6.07) is 10.1. The molecule has 1 heterocycles. The van der Waals surface area contributed by atoms with Gasteiger partial charge in [-0.1, -0.05) is 44.2 Å². The Morgan fingerprint density at radius 3 is 2.15 bits per heavy atom. The zero-order valence-electron chi connectivity index (χ0n) is 12.8. The van der Waals surface area contributed by atoms with Crippen molar-refractivity contribution in [3.63, 3.8) is 0 Å². The minimum Gasteiger partial charge on any atom is -0.312 e. The topological polar surface area (TPSA) is 37.8 Å². The molecule has 1 N–H and O–H groups in total. The smallest absolute Gasteiger partial charge is 0.159 e. The fourth-order valence-corrected chi connectivity index (χ4v) is 2.20. The Morgan fingerprint density at radius 2 is 1.60 bits per heavy atom. The lowest BCUT2D eigenvalue weighted by molar-refractivity contribution is 0.549. The molecule has 3 nitrogen and oxygen atoms in total. The van der Waals surface area contributed by atoms with E-state index in [-0.39, 0.29) is 0 Å². The molecule has 0 aliphatic heterocycles. The maximum atomic E-state index is 4.65. The van der Waals surface area contributed by atoms with Gasteiger partial charge in [0.15, 0.2) is 5.82 Å². The van der Waals surface area contributed by atoms with Crippen LogP contribution in [-0.4, -0.2) is 16.5 Å². The highest BCUT2D eigenvalue weighted by atomic mass is 14.9. The third-order valence-electron chi connectivity index (χ3n) is 3.31. The van der Waals surface area contributed by atoms with Gasteiger partial charge in [-0.2, -0.15) is 0 Å². The predicted octanol–water partition coefficient (Wildman–Crippen LogP) is 3.51. The zero-order valence-corrected chi connectivity index (χ0v) is 12.8. The largest absolute Gasteiger partial charge is 0.312 e. The second-order valence-electron chi connectivity index (χ2n) is 5.59. The van der Waals surface area contributed by atoms with Crippen molar-refractivity contribution in [2.24, 2.45) is 5.92 Å². The van der Waals surface area contributed by atoms with E-state index in [0.717, 1.165) is 35.9 Å². The summed E-state index contributed by atoms with van der Waals surface area (Å²) in [5, 5.41) is 3.46. The maximum absolute atomic E-state index is 4.65. The van der Waals surface area contributed by atoms with Gasteiger partial charge in [0.1, 0.15) is 0 Å². The fourth-order valence-electron chi connectivity index (χ4n) is 2.20. The van der Waals surface area contributed by atoms with Gasteiger partial charge >= 0.3 is 0 Å². The van der Waals surface area contributed by atoms with Gasteiger partial charge in [0.05, 0.1) is 0 Å². The molecule has 0 aliphatic carbocycles. The van der Waals surface area contributed by atoms with E-state index in [1.165, 1.54) is 5.56 Å². The van der Waals surface area contributed by atoms with E-state index >= 15 is 0 Å². The molecule has 0 saturated carbocycles. The van der Waals surface area contributed by atoms with E-state index < -0.39 is 0 Å². The molecule has 0 unspecified atom stereocenters. The lowest BCUT2D eigenvalue weighted by Crippen LogP contribution is -2.21. The highest BCUT2D eigenvalue weighted by Gasteiger charge is 2.09. The SMILES string of the molecule is Cc1nc(-c2ccccc2)nc(C)c1CNCC(C)C. The molecule has 0 spiro atoms. The number of nitrogens with zero attached hydrogens (tertiary/aromatic N) is 2. The summed E-state index contributed by atoms with van der Waals surface area (Å²) in [6.07, 6.45) is 0. The molecule has 0 radical (unpaired) electrons. The fraction of sp³-hybridized carbons (Fsp3) is 0.412. The third-order valence-corrected chi connectivity index (χ3v) is 3.31. The van der Waals surface area contributed by atoms with E-state index in [9.17, 15) is 0 Å². The highest BCUT2D eigenvalue weighted by Crippen LogP contribution is 2.18. The summed E-state index contributed by atoms with van der Waals surface area (Å²) in [6.45, 7) is 10.4. The number of aryl methyl sites for hydroxylation is 2. The molecule has 0 atom stereocenters. The van der Waals surface area contributed by atoms with Gasteiger partial charge in [-0.05, 0) is 26.3 Å². The number of nitrogens with one attached hydrogen (secondary N) is 1. The second-order valence-corrected chi connectivity index (χ2v) is 5.59. The standard InChI is InChI=1S/C17H23N3/c1-12(2)10-18-11-16-13(3)19-17(20-14(16)4)15-8-6-5-7-9-15/h5-9,12,18H,10-11H2,1-4H3. The zero-order chi connectivity index (χ0) is 14.5. The molecular weight excluding hydrogens is 246 g/mol. The van der Waals surface area contributed by atoms with Crippen LogP contribution in [0, 0.1) is 19.8 Å². The van der Waals surface area contributed by atoms with Gasteiger partial charge in [-0.25, -0.2) is 9.97 Å². The molecule has 3 heteroatoms. The average molecular weight is 269 g/mol. The van der Waals surface area contributed by atoms with Crippen molar-refractivity contribution in [1.29, 1.82) is 0 Å². The predicted molar refractivity (Wildman–Crippen MR) is 83.5 cm³/mol. The highest BCUT2D eigenvalue weighted by molar-refractivity contribution is 5.55. The minimum absolute atomic E-state index is 0.653. The number of rotatable bonds is 5. The molecule has 20 heavy (non-hydrogen) atoms. The molecule has 0 fully saturated rings. The Balaban J connectivity index is 2.21. The molecule has 106 valence electrons. The van der Waals surface area contributed by atoms with Crippen molar-refractivity contribution >= 4 is 0 Å². The lowest BCUT2D eigenvalue weighted by Gasteiger charge is -2.13. The van der Waals surface area contributed by atoms with Gasteiger partial charge in [0.2, 0.25) is 0 Å². The third kappa shape index (κ3) is 3.64. The van der Waals surface area contributed by atoms with Gasteiger partial charge in [-0.15, -0.1) is 0 Å². The summed E-state index contributed by atoms with van der Waals surface area (Å²) < 4.78 is 0. The molecule has 0 saturated heterocycles. The number of hydrogen-bond acceptors (Lipinski definition) is 3. The first-order valence-corrected chi connectivity index (χ1v) is 7.18. The van der Waals surface area contributed by atoms with Gasteiger partial charge < -0.3 is 5.32 Å². The van der Waals surface area contributed by atoms with Crippen LogP contribution in [0.25, 0.3) is 11.4 Å². The van der Waals surface area contributed by atoms with Gasteiger partial charge in [-0.3, -0.25) is 0 Å². The Morgan fingerprint density at radius 1 is 1.00 bits per heavy atom. The van der Waals surface area contributed by atoms with Crippen LogP contribution in [0.1, 0.15) is 30.8 Å². The first-order chi connectivity index (χ1) is 9.58. The van der Waals surface area contributed by atoms with Gasteiger partial charge in [0.25, 0.3) is 0 Å². The van der Waals surface area contributed by atoms with Crippen molar-refractivity contribution in [1.82, 2.24) is 15.3 Å². The quantitative estimate of drug-likeness (QED) is 0.902. The van der Waals surface area contributed by atoms with E-state index in [0.29, 0.717) is 5.92 Å². The molecule has 0 aliphatic rings. The van der Waals surface area contributed by atoms with Crippen molar-refractivity contribution in [2.75, 3.05) is 6.54 Å². The summed E-state index contributed by atoms with van der Waals surface area (Å²) in [7, 11) is 0. The van der Waals surface area contributed by atoms with E-state index in [1.54, 1.807) is 0 Å². The Bertz CT molecular complexity index is 539. The van der Waals surface area contributed by atoms with Crippen LogP contribution in [0.2, 0.25) is 0 Å². The Kier molecular flexibility index (Phi) is 4.85. The lowest BCUT2D eigenvalue weighted by atomic mass is 10.1. The first-order valence-electron chi connectivity index (χ1n) is 7.18. The van der Waals surface area contributed by atoms with Crippen LogP contribution in [0.4, 0.5) is 0 Å². The van der Waals surface area contributed by atoms with E-state index in [2.05, 4.69) is 43.0 Å². The molecule has 0 amide bonds. The molecular formula is C17H23N3. The van der Waals surface area contributed by atoms with E-state index in [1.807, 2.05) is 30.3 Å². The summed E-state index contributed by atoms with van der Waals surface area (Å²) >= 11 is 0. The van der Waals surface area contributed by atoms with Crippen LogP contribution in [0.15, 0.2) is 30.3 Å². The second kappa shape index (κ2) is 6.62. The number of aromatic nitrogens is 2. The number of hydrogen-bond donors (Lipinski definition) is 1. The van der Waals surface area contributed by atoms with Crippen LogP contribution >= 0.6 is 0 Å². The average Bonchev–Trinajstić information content (AvgIpc) is 2.42.